The van der Waals surface area contributed by atoms with Gasteiger partial charge < -0.3 is 15.0 Å². The normalized spacial score (nSPS) is 18.9. The minimum atomic E-state index is -4.52. The van der Waals surface area contributed by atoms with Gasteiger partial charge in [0.25, 0.3) is 0 Å². The fourth-order valence-corrected chi connectivity index (χ4v) is 2.17. The Morgan fingerprint density at radius 2 is 2.04 bits per heavy atom. The van der Waals surface area contributed by atoms with Crippen molar-refractivity contribution < 1.29 is 22.7 Å². The zero-order valence-corrected chi connectivity index (χ0v) is 13.1. The van der Waals surface area contributed by atoms with E-state index in [2.05, 4.69) is 15.3 Å². The van der Waals surface area contributed by atoms with Crippen molar-refractivity contribution in [3.63, 3.8) is 0 Å². The molecule has 0 aromatic carbocycles. The van der Waals surface area contributed by atoms with Crippen LogP contribution < -0.4 is 5.32 Å². The number of carbonyl (C=O) groups is 1. The fraction of sp³-hybridized carbons (Fsp3) is 0.643. The summed E-state index contributed by atoms with van der Waals surface area (Å²) < 4.78 is 43.1. The first-order valence-corrected chi connectivity index (χ1v) is 7.18. The molecule has 1 saturated heterocycles. The lowest BCUT2D eigenvalue weighted by Gasteiger charge is -2.24. The highest BCUT2D eigenvalue weighted by molar-refractivity contribution is 5.68. The van der Waals surface area contributed by atoms with Gasteiger partial charge in [-0.15, -0.1) is 0 Å². The quantitative estimate of drug-likeness (QED) is 0.902. The number of amides is 1. The number of ether oxygens (including phenoxy) is 1. The second-order valence-corrected chi connectivity index (χ2v) is 6.34. The number of rotatable bonds is 2. The molecule has 2 heterocycles. The summed E-state index contributed by atoms with van der Waals surface area (Å²) in [4.78, 5) is 20.5. The van der Waals surface area contributed by atoms with E-state index < -0.39 is 23.6 Å². The minimum absolute atomic E-state index is 0.0864. The molecule has 23 heavy (non-hydrogen) atoms. The maximum absolute atomic E-state index is 12.6. The summed E-state index contributed by atoms with van der Waals surface area (Å²) >= 11 is 0. The first-order chi connectivity index (χ1) is 10.5. The lowest BCUT2D eigenvalue weighted by molar-refractivity contribution is -0.141. The number of hydrogen-bond donors (Lipinski definition) is 1. The van der Waals surface area contributed by atoms with Crippen LogP contribution in [0.3, 0.4) is 0 Å². The number of nitrogens with zero attached hydrogens (tertiary/aromatic N) is 3. The van der Waals surface area contributed by atoms with Crippen molar-refractivity contribution in [1.29, 1.82) is 0 Å². The molecule has 1 N–H and O–H groups in total. The summed E-state index contributed by atoms with van der Waals surface area (Å²) in [5.41, 5.74) is -1.59. The average molecular weight is 332 g/mol. The highest BCUT2D eigenvalue weighted by Gasteiger charge is 2.34. The van der Waals surface area contributed by atoms with E-state index in [1.54, 1.807) is 20.8 Å². The summed E-state index contributed by atoms with van der Waals surface area (Å²) in [5.74, 6) is 0.0864. The molecule has 0 saturated carbocycles. The lowest BCUT2D eigenvalue weighted by Crippen LogP contribution is -2.36. The molecule has 9 heteroatoms. The zero-order chi connectivity index (χ0) is 17.3. The minimum Gasteiger partial charge on any atom is -0.444 e. The van der Waals surface area contributed by atoms with Crippen LogP contribution in [-0.4, -0.2) is 45.7 Å². The topological polar surface area (TPSA) is 67.3 Å². The van der Waals surface area contributed by atoms with E-state index >= 15 is 0 Å². The molecular weight excluding hydrogens is 313 g/mol. The third-order valence-corrected chi connectivity index (χ3v) is 3.15. The molecule has 1 aromatic rings. The number of likely N-dealkylation sites (tertiary alicyclic amines) is 1. The molecule has 1 aliphatic heterocycles. The summed E-state index contributed by atoms with van der Waals surface area (Å²) in [7, 11) is 0. The predicted octanol–water partition coefficient (Wildman–Crippen LogP) is 2.92. The molecule has 0 spiro atoms. The zero-order valence-electron chi connectivity index (χ0n) is 13.1. The van der Waals surface area contributed by atoms with E-state index in [1.165, 1.54) is 4.90 Å². The smallest absolute Gasteiger partial charge is 0.433 e. The van der Waals surface area contributed by atoms with E-state index in [1.807, 2.05) is 0 Å². The van der Waals surface area contributed by atoms with E-state index in [9.17, 15) is 18.0 Å². The van der Waals surface area contributed by atoms with Gasteiger partial charge in [-0.1, -0.05) is 0 Å². The summed E-state index contributed by atoms with van der Waals surface area (Å²) in [6.07, 6.45) is -3.48. The Labute approximate surface area is 132 Å². The molecule has 1 fully saturated rings. The molecule has 0 radical (unpaired) electrons. The average Bonchev–Trinajstić information content (AvgIpc) is 2.85. The molecule has 6 nitrogen and oxygen atoms in total. The maximum atomic E-state index is 12.6. The Morgan fingerprint density at radius 3 is 2.65 bits per heavy atom. The standard InChI is InChI=1S/C14H19F3N4O2/c1-13(2,3)23-12(22)21-5-4-9(7-21)20-11-6-10(14(15,16)17)18-8-19-11/h6,8-9H,4-5,7H2,1-3H3,(H,18,19,20). The molecule has 2 rings (SSSR count). The third-order valence-electron chi connectivity index (χ3n) is 3.15. The van der Waals surface area contributed by atoms with Crippen LogP contribution in [0, 0.1) is 0 Å². The summed E-state index contributed by atoms with van der Waals surface area (Å²) in [5, 5.41) is 2.90. The van der Waals surface area contributed by atoms with Gasteiger partial charge in [-0.25, -0.2) is 14.8 Å². The Morgan fingerprint density at radius 1 is 1.35 bits per heavy atom. The van der Waals surface area contributed by atoms with Crippen molar-refractivity contribution in [3.05, 3.63) is 18.1 Å². The van der Waals surface area contributed by atoms with Crippen LogP contribution in [0.4, 0.5) is 23.8 Å². The Bertz CT molecular complexity index is 572. The first-order valence-electron chi connectivity index (χ1n) is 7.18. The molecule has 0 aliphatic carbocycles. The summed E-state index contributed by atoms with van der Waals surface area (Å²) in [6.45, 7) is 6.15. The van der Waals surface area contributed by atoms with Gasteiger partial charge >= 0.3 is 12.3 Å². The molecule has 1 atom stereocenters. The first kappa shape index (κ1) is 17.3. The Kier molecular flexibility index (Phi) is 4.67. The number of alkyl halides is 3. The van der Waals surface area contributed by atoms with Crippen LogP contribution in [0.15, 0.2) is 12.4 Å². The second-order valence-electron chi connectivity index (χ2n) is 6.34. The molecule has 1 aromatic heterocycles. The molecule has 1 aliphatic rings. The van der Waals surface area contributed by atoms with Gasteiger partial charge in [0.2, 0.25) is 0 Å². The number of halogens is 3. The van der Waals surface area contributed by atoms with Crippen LogP contribution in [0.2, 0.25) is 0 Å². The van der Waals surface area contributed by atoms with Gasteiger partial charge in [0, 0.05) is 25.2 Å². The van der Waals surface area contributed by atoms with Crippen molar-refractivity contribution in [2.45, 2.75) is 45.0 Å². The monoisotopic (exact) mass is 332 g/mol. The number of carbonyl (C=O) groups excluding carboxylic acids is 1. The van der Waals surface area contributed by atoms with Gasteiger partial charge in [0.1, 0.15) is 23.4 Å². The van der Waals surface area contributed by atoms with Crippen LogP contribution in [0.1, 0.15) is 32.9 Å². The van der Waals surface area contributed by atoms with Crippen LogP contribution >= 0.6 is 0 Å². The highest BCUT2D eigenvalue weighted by Crippen LogP contribution is 2.28. The summed E-state index contributed by atoms with van der Waals surface area (Å²) in [6, 6.07) is 0.675. The van der Waals surface area contributed by atoms with Gasteiger partial charge in [-0.2, -0.15) is 13.2 Å². The van der Waals surface area contributed by atoms with E-state index in [0.717, 1.165) is 12.4 Å². The van der Waals surface area contributed by atoms with Gasteiger partial charge in [-0.3, -0.25) is 0 Å². The third kappa shape index (κ3) is 4.97. The number of aromatic nitrogens is 2. The Hall–Kier alpha value is -2.06. The molecule has 0 bridgehead atoms. The maximum Gasteiger partial charge on any atom is 0.433 e. The van der Waals surface area contributed by atoms with Gasteiger partial charge in [-0.05, 0) is 27.2 Å². The second kappa shape index (κ2) is 6.21. The van der Waals surface area contributed by atoms with Crippen molar-refractivity contribution in [3.8, 4) is 0 Å². The lowest BCUT2D eigenvalue weighted by atomic mass is 10.2. The van der Waals surface area contributed by atoms with E-state index in [-0.39, 0.29) is 11.9 Å². The van der Waals surface area contributed by atoms with Gasteiger partial charge in [0.05, 0.1) is 0 Å². The number of hydrogen-bond acceptors (Lipinski definition) is 5. The SMILES string of the molecule is CC(C)(C)OC(=O)N1CCC(Nc2cc(C(F)(F)F)ncn2)C1. The fourth-order valence-electron chi connectivity index (χ4n) is 2.17. The highest BCUT2D eigenvalue weighted by atomic mass is 19.4. The van der Waals surface area contributed by atoms with E-state index in [4.69, 9.17) is 4.74 Å². The van der Waals surface area contributed by atoms with Crippen LogP contribution in [-0.2, 0) is 10.9 Å². The van der Waals surface area contributed by atoms with Crippen molar-refractivity contribution in [2.24, 2.45) is 0 Å². The molecule has 1 amide bonds. The van der Waals surface area contributed by atoms with Crippen LogP contribution in [0.25, 0.3) is 0 Å². The Balaban J connectivity index is 1.95. The molecular formula is C14H19F3N4O2. The van der Waals surface area contributed by atoms with Crippen molar-refractivity contribution >= 4 is 11.9 Å². The van der Waals surface area contributed by atoms with E-state index in [0.29, 0.717) is 19.5 Å². The van der Waals surface area contributed by atoms with Crippen molar-refractivity contribution in [1.82, 2.24) is 14.9 Å². The van der Waals surface area contributed by atoms with Crippen molar-refractivity contribution in [2.75, 3.05) is 18.4 Å². The predicted molar refractivity (Wildman–Crippen MR) is 76.9 cm³/mol. The van der Waals surface area contributed by atoms with Gasteiger partial charge in [0.15, 0.2) is 0 Å². The number of anilines is 1. The molecule has 1 unspecified atom stereocenters. The largest absolute Gasteiger partial charge is 0.444 e. The molecule has 128 valence electrons. The number of nitrogens with one attached hydrogen (secondary N) is 1. The van der Waals surface area contributed by atoms with Crippen LogP contribution in [0.5, 0.6) is 0 Å².